The van der Waals surface area contributed by atoms with E-state index in [0.29, 0.717) is 43.0 Å². The van der Waals surface area contributed by atoms with Crippen LogP contribution >= 0.6 is 11.6 Å². The number of rotatable bonds is 15. The second-order valence-corrected chi connectivity index (χ2v) is 11.4. The third-order valence-electron chi connectivity index (χ3n) is 7.51. The van der Waals surface area contributed by atoms with Gasteiger partial charge in [0.15, 0.2) is 5.15 Å². The lowest BCUT2D eigenvalue weighted by molar-refractivity contribution is -0.136. The summed E-state index contributed by atoms with van der Waals surface area (Å²) in [6.07, 6.45) is 8.29. The van der Waals surface area contributed by atoms with Crippen LogP contribution in [0.1, 0.15) is 63.1 Å². The predicted octanol–water partition coefficient (Wildman–Crippen LogP) is 5.70. The smallest absolute Gasteiger partial charge is 0.253 e. The topological polar surface area (TPSA) is 100 Å². The monoisotopic (exact) mass is 567 g/mol. The molecule has 40 heavy (non-hydrogen) atoms. The minimum atomic E-state index is -0.464. The summed E-state index contributed by atoms with van der Waals surface area (Å²) in [6.45, 7) is 4.93. The van der Waals surface area contributed by atoms with E-state index in [9.17, 15) is 4.79 Å². The minimum Gasteiger partial charge on any atom is -0.480 e. The van der Waals surface area contributed by atoms with Crippen molar-refractivity contribution in [1.29, 1.82) is 0 Å². The quantitative estimate of drug-likeness (QED) is 0.235. The summed E-state index contributed by atoms with van der Waals surface area (Å²) < 4.78 is 19.5. The van der Waals surface area contributed by atoms with E-state index in [4.69, 9.17) is 25.8 Å². The molecule has 1 amide bonds. The van der Waals surface area contributed by atoms with E-state index in [2.05, 4.69) is 20.6 Å². The van der Waals surface area contributed by atoms with Gasteiger partial charge in [-0.2, -0.15) is 5.10 Å². The molecule has 9 nitrogen and oxygen atoms in total. The molecule has 3 aromatic rings. The number of benzene rings is 1. The predicted molar refractivity (Wildman–Crippen MR) is 152 cm³/mol. The number of hydrogen-bond donors (Lipinski definition) is 1. The van der Waals surface area contributed by atoms with Crippen LogP contribution in [0.4, 0.5) is 5.69 Å². The van der Waals surface area contributed by atoms with Crippen LogP contribution in [0.2, 0.25) is 5.15 Å². The van der Waals surface area contributed by atoms with Crippen molar-refractivity contribution in [2.45, 2.75) is 70.8 Å². The first-order valence-corrected chi connectivity index (χ1v) is 14.5. The molecule has 1 aromatic carbocycles. The van der Waals surface area contributed by atoms with E-state index in [0.717, 1.165) is 11.1 Å². The van der Waals surface area contributed by atoms with Crippen LogP contribution in [0.3, 0.4) is 0 Å². The SMILES string of the molecule is COc1nnc(Cl)cc1C(CCOCc1ccccc1)n1cc(NC(=O)C(OC(C)C)C(C2CC2)C2CC2)cn1. The molecule has 2 unspecified atom stereocenters. The molecule has 2 saturated carbocycles. The molecule has 2 atom stereocenters. The van der Waals surface area contributed by atoms with Gasteiger partial charge in [-0.25, -0.2) is 0 Å². The number of ether oxygens (including phenoxy) is 3. The molecule has 5 rings (SSSR count). The fraction of sp³-hybridized carbons (Fsp3) is 0.533. The van der Waals surface area contributed by atoms with Crippen molar-refractivity contribution in [2.24, 2.45) is 17.8 Å². The maximum atomic E-state index is 13.5. The number of halogens is 1. The second kappa shape index (κ2) is 13.1. The van der Waals surface area contributed by atoms with Gasteiger partial charge in [0.2, 0.25) is 5.88 Å². The molecule has 2 aromatic heterocycles. The highest BCUT2D eigenvalue weighted by Gasteiger charge is 2.48. The zero-order valence-electron chi connectivity index (χ0n) is 23.3. The fourth-order valence-corrected chi connectivity index (χ4v) is 5.56. The van der Waals surface area contributed by atoms with Crippen molar-refractivity contribution in [3.05, 3.63) is 65.1 Å². The van der Waals surface area contributed by atoms with E-state index >= 15 is 0 Å². The number of nitrogens with zero attached hydrogens (tertiary/aromatic N) is 4. The first-order chi connectivity index (χ1) is 19.4. The molecule has 0 aliphatic heterocycles. The highest BCUT2D eigenvalue weighted by molar-refractivity contribution is 6.29. The average molecular weight is 568 g/mol. The van der Waals surface area contributed by atoms with Crippen LogP contribution in [0.25, 0.3) is 0 Å². The summed E-state index contributed by atoms with van der Waals surface area (Å²) in [7, 11) is 1.55. The van der Waals surface area contributed by atoms with E-state index in [1.807, 2.05) is 50.4 Å². The van der Waals surface area contributed by atoms with Gasteiger partial charge in [-0.15, -0.1) is 10.2 Å². The number of methoxy groups -OCH3 is 1. The zero-order valence-corrected chi connectivity index (χ0v) is 24.1. The van der Waals surface area contributed by atoms with Crippen molar-refractivity contribution in [3.8, 4) is 5.88 Å². The molecule has 0 spiro atoms. The third kappa shape index (κ3) is 7.38. The Morgan fingerprint density at radius 2 is 1.85 bits per heavy atom. The molecule has 2 heterocycles. The minimum absolute atomic E-state index is 0.0323. The molecular weight excluding hydrogens is 530 g/mol. The second-order valence-electron chi connectivity index (χ2n) is 11.0. The lowest BCUT2D eigenvalue weighted by Gasteiger charge is -2.28. The van der Waals surface area contributed by atoms with Crippen molar-refractivity contribution < 1.29 is 19.0 Å². The number of aromatic nitrogens is 4. The number of amides is 1. The third-order valence-corrected chi connectivity index (χ3v) is 7.69. The fourth-order valence-electron chi connectivity index (χ4n) is 5.41. The Balaban J connectivity index is 1.32. The van der Waals surface area contributed by atoms with Gasteiger partial charge in [-0.05, 0) is 75.3 Å². The molecular formula is C30H38ClN5O4. The largest absolute Gasteiger partial charge is 0.480 e. The molecule has 0 bridgehead atoms. The molecule has 1 N–H and O–H groups in total. The lowest BCUT2D eigenvalue weighted by Crippen LogP contribution is -2.40. The highest BCUT2D eigenvalue weighted by Crippen LogP contribution is 2.51. The summed E-state index contributed by atoms with van der Waals surface area (Å²) >= 11 is 6.23. The van der Waals surface area contributed by atoms with E-state index in [-0.39, 0.29) is 29.1 Å². The summed E-state index contributed by atoms with van der Waals surface area (Å²) in [5.41, 5.74) is 2.44. The van der Waals surface area contributed by atoms with Crippen LogP contribution in [0.15, 0.2) is 48.8 Å². The number of nitrogens with one attached hydrogen (secondary N) is 1. The number of hydrogen-bond acceptors (Lipinski definition) is 7. The molecule has 2 aliphatic carbocycles. The Labute approximate surface area is 240 Å². The van der Waals surface area contributed by atoms with Crippen molar-refractivity contribution in [2.75, 3.05) is 19.0 Å². The van der Waals surface area contributed by atoms with Crippen LogP contribution in [-0.4, -0.2) is 51.8 Å². The Bertz CT molecular complexity index is 1250. The highest BCUT2D eigenvalue weighted by atomic mass is 35.5. The molecule has 0 radical (unpaired) electrons. The Hall–Kier alpha value is -3.01. The van der Waals surface area contributed by atoms with Crippen molar-refractivity contribution in [3.63, 3.8) is 0 Å². The molecule has 10 heteroatoms. The average Bonchev–Trinajstić information content (AvgIpc) is 3.89. The zero-order chi connectivity index (χ0) is 28.1. The maximum absolute atomic E-state index is 13.5. The Kier molecular flexibility index (Phi) is 9.34. The first-order valence-electron chi connectivity index (χ1n) is 14.1. The van der Waals surface area contributed by atoms with Crippen molar-refractivity contribution in [1.82, 2.24) is 20.0 Å². The summed E-state index contributed by atoms with van der Waals surface area (Å²) in [4.78, 5) is 13.5. The van der Waals surface area contributed by atoms with E-state index in [1.165, 1.54) is 25.7 Å². The van der Waals surface area contributed by atoms with Crippen LogP contribution in [0.5, 0.6) is 5.88 Å². The number of carbonyl (C=O) groups excluding carboxylic acids is 1. The van der Waals surface area contributed by atoms with Crippen LogP contribution in [-0.2, 0) is 20.9 Å². The first kappa shape index (κ1) is 28.5. The Morgan fingerprint density at radius 3 is 2.50 bits per heavy atom. The van der Waals surface area contributed by atoms with Gasteiger partial charge in [0.1, 0.15) is 6.10 Å². The van der Waals surface area contributed by atoms with Gasteiger partial charge in [0, 0.05) is 18.4 Å². The molecule has 2 aliphatic rings. The van der Waals surface area contributed by atoms with Gasteiger partial charge < -0.3 is 19.5 Å². The maximum Gasteiger partial charge on any atom is 0.253 e. The summed E-state index contributed by atoms with van der Waals surface area (Å²) in [6, 6.07) is 11.5. The normalized spacial score (nSPS) is 16.8. The summed E-state index contributed by atoms with van der Waals surface area (Å²) in [5, 5.41) is 16.0. The summed E-state index contributed by atoms with van der Waals surface area (Å²) in [5.74, 6) is 1.70. The van der Waals surface area contributed by atoms with E-state index in [1.54, 1.807) is 24.1 Å². The van der Waals surface area contributed by atoms with E-state index < -0.39 is 6.10 Å². The standard InChI is InChI=1S/C30H38ClN5O4/c1-19(2)40-28(27(21-9-10-21)22-11-12-22)29(37)33-23-16-32-36(17-23)25(24-15-26(31)34-35-30(24)38-3)13-14-39-18-20-7-5-4-6-8-20/h4-8,15-17,19,21-22,25,27-28H,9-14,18H2,1-3H3,(H,33,37). The van der Waals surface area contributed by atoms with Crippen molar-refractivity contribution >= 4 is 23.2 Å². The molecule has 2 fully saturated rings. The van der Waals surface area contributed by atoms with Crippen LogP contribution < -0.4 is 10.1 Å². The lowest BCUT2D eigenvalue weighted by atomic mass is 9.90. The van der Waals surface area contributed by atoms with Gasteiger partial charge in [-0.1, -0.05) is 41.9 Å². The molecule has 214 valence electrons. The Morgan fingerprint density at radius 1 is 1.12 bits per heavy atom. The van der Waals surface area contributed by atoms with Gasteiger partial charge in [0.05, 0.1) is 37.7 Å². The number of carbonyl (C=O) groups is 1. The van der Waals surface area contributed by atoms with Gasteiger partial charge in [0.25, 0.3) is 5.91 Å². The van der Waals surface area contributed by atoms with Gasteiger partial charge >= 0.3 is 0 Å². The molecule has 0 saturated heterocycles. The number of anilines is 1. The van der Waals surface area contributed by atoms with Crippen LogP contribution in [0, 0.1) is 17.8 Å². The van der Waals surface area contributed by atoms with Gasteiger partial charge in [-0.3, -0.25) is 9.48 Å².